The lowest BCUT2D eigenvalue weighted by atomic mass is 10.1. The van der Waals surface area contributed by atoms with Gasteiger partial charge in [0.05, 0.1) is 11.7 Å². The molecule has 16 heavy (non-hydrogen) atoms. The Hall–Kier alpha value is -1.13. The molecule has 1 fully saturated rings. The molecule has 4 heteroatoms. The van der Waals surface area contributed by atoms with Gasteiger partial charge in [0.2, 0.25) is 0 Å². The van der Waals surface area contributed by atoms with Crippen molar-refractivity contribution in [3.63, 3.8) is 0 Å². The van der Waals surface area contributed by atoms with Gasteiger partial charge in [-0.25, -0.2) is 4.98 Å². The predicted molar refractivity (Wildman–Crippen MR) is 62.3 cm³/mol. The highest BCUT2D eigenvalue weighted by Crippen LogP contribution is 2.25. The van der Waals surface area contributed by atoms with Crippen LogP contribution in [-0.2, 0) is 0 Å². The summed E-state index contributed by atoms with van der Waals surface area (Å²) in [5, 5.41) is 19.2. The molecule has 2 atom stereocenters. The van der Waals surface area contributed by atoms with Gasteiger partial charge >= 0.3 is 0 Å². The zero-order valence-electron chi connectivity index (χ0n) is 9.72. The molecule has 1 aromatic rings. The number of hydrogen-bond donors (Lipinski definition) is 2. The van der Waals surface area contributed by atoms with Crippen molar-refractivity contribution in [2.45, 2.75) is 32.0 Å². The molecule has 0 radical (unpaired) electrons. The van der Waals surface area contributed by atoms with Gasteiger partial charge in [-0.2, -0.15) is 0 Å². The molecule has 2 heterocycles. The van der Waals surface area contributed by atoms with Gasteiger partial charge in [0, 0.05) is 19.3 Å². The minimum Gasteiger partial charge on any atom is -0.389 e. The normalized spacial score (nSPS) is 27.1. The third-order valence-corrected chi connectivity index (χ3v) is 3.03. The molecule has 1 aromatic heterocycles. The molecule has 4 nitrogen and oxygen atoms in total. The number of anilines is 1. The maximum Gasteiger partial charge on any atom is 0.128 e. The van der Waals surface area contributed by atoms with E-state index in [0.29, 0.717) is 6.54 Å². The largest absolute Gasteiger partial charge is 0.389 e. The molecule has 0 aromatic carbocycles. The summed E-state index contributed by atoms with van der Waals surface area (Å²) in [6.45, 7) is 5.01. The van der Waals surface area contributed by atoms with Gasteiger partial charge in [-0.15, -0.1) is 0 Å². The number of pyridine rings is 1. The number of β-amino-alcohol motifs (C(OH)–C–C–N with tert-alkyl or cyclic N) is 1. The highest BCUT2D eigenvalue weighted by atomic mass is 16.3. The van der Waals surface area contributed by atoms with Crippen LogP contribution < -0.4 is 4.90 Å². The van der Waals surface area contributed by atoms with E-state index in [2.05, 4.69) is 9.88 Å². The maximum absolute atomic E-state index is 9.86. The molecular weight excluding hydrogens is 204 g/mol. The van der Waals surface area contributed by atoms with E-state index in [1.807, 2.05) is 19.1 Å². The topological polar surface area (TPSA) is 56.6 Å². The van der Waals surface area contributed by atoms with Gasteiger partial charge in [0.15, 0.2) is 0 Å². The van der Waals surface area contributed by atoms with Crippen LogP contribution in [0.4, 0.5) is 5.82 Å². The average molecular weight is 222 g/mol. The Morgan fingerprint density at radius 2 is 2.25 bits per heavy atom. The van der Waals surface area contributed by atoms with E-state index < -0.39 is 11.7 Å². The fourth-order valence-electron chi connectivity index (χ4n) is 1.97. The third kappa shape index (κ3) is 2.33. The summed E-state index contributed by atoms with van der Waals surface area (Å²) < 4.78 is 0. The fourth-order valence-corrected chi connectivity index (χ4v) is 1.97. The lowest BCUT2D eigenvalue weighted by molar-refractivity contribution is 0.0839. The first-order valence-electron chi connectivity index (χ1n) is 5.59. The molecule has 2 N–H and O–H groups in total. The quantitative estimate of drug-likeness (QED) is 0.786. The minimum atomic E-state index is -0.607. The lowest BCUT2D eigenvalue weighted by Gasteiger charge is -2.20. The first-order valence-corrected chi connectivity index (χ1v) is 5.59. The first-order chi connectivity index (χ1) is 7.48. The maximum atomic E-state index is 9.86. The van der Waals surface area contributed by atoms with Crippen molar-refractivity contribution in [2.24, 2.45) is 0 Å². The van der Waals surface area contributed by atoms with Crippen molar-refractivity contribution in [3.8, 4) is 0 Å². The van der Waals surface area contributed by atoms with Gasteiger partial charge in [-0.05, 0) is 31.9 Å². The van der Waals surface area contributed by atoms with Crippen LogP contribution in [0.3, 0.4) is 0 Å². The van der Waals surface area contributed by atoms with E-state index in [1.165, 1.54) is 0 Å². The summed E-state index contributed by atoms with van der Waals surface area (Å²) in [7, 11) is 0. The first kappa shape index (κ1) is 11.4. The Bertz CT molecular complexity index is 360. The Labute approximate surface area is 95.5 Å². The third-order valence-electron chi connectivity index (χ3n) is 3.03. The highest BCUT2D eigenvalue weighted by Gasteiger charge is 2.31. The van der Waals surface area contributed by atoms with Crippen molar-refractivity contribution in [1.29, 1.82) is 0 Å². The Balaban J connectivity index is 2.11. The summed E-state index contributed by atoms with van der Waals surface area (Å²) in [4.78, 5) is 6.36. The smallest absolute Gasteiger partial charge is 0.128 e. The highest BCUT2D eigenvalue weighted by molar-refractivity contribution is 5.41. The predicted octanol–water partition coefficient (Wildman–Crippen LogP) is 1.10. The SMILES string of the molecule is CC(O)c1ccc(N2CCC(C)(O)C2)nc1. The van der Waals surface area contributed by atoms with Crippen molar-refractivity contribution < 1.29 is 10.2 Å². The zero-order chi connectivity index (χ0) is 11.8. The molecule has 0 bridgehead atoms. The van der Waals surface area contributed by atoms with Crippen LogP contribution in [0.2, 0.25) is 0 Å². The number of hydrogen-bond acceptors (Lipinski definition) is 4. The summed E-state index contributed by atoms with van der Waals surface area (Å²) >= 11 is 0. The van der Waals surface area contributed by atoms with Crippen molar-refractivity contribution >= 4 is 5.82 Å². The Kier molecular flexibility index (Phi) is 2.86. The lowest BCUT2D eigenvalue weighted by Crippen LogP contribution is -2.29. The molecule has 0 saturated carbocycles. The number of aliphatic hydroxyl groups is 2. The molecule has 0 aliphatic carbocycles. The Morgan fingerprint density at radius 1 is 1.50 bits per heavy atom. The van der Waals surface area contributed by atoms with E-state index in [4.69, 9.17) is 0 Å². The van der Waals surface area contributed by atoms with Crippen molar-refractivity contribution in [3.05, 3.63) is 23.9 Å². The van der Waals surface area contributed by atoms with Crippen LogP contribution in [0.1, 0.15) is 31.9 Å². The summed E-state index contributed by atoms with van der Waals surface area (Å²) in [5.74, 6) is 0.863. The summed E-state index contributed by atoms with van der Waals surface area (Å²) in [5.41, 5.74) is 0.208. The second-order valence-electron chi connectivity index (χ2n) is 4.79. The second kappa shape index (κ2) is 4.03. The fraction of sp³-hybridized carbons (Fsp3) is 0.583. The van der Waals surface area contributed by atoms with E-state index in [9.17, 15) is 10.2 Å². The van der Waals surface area contributed by atoms with Gasteiger partial charge in [-0.1, -0.05) is 6.07 Å². The molecule has 88 valence electrons. The van der Waals surface area contributed by atoms with E-state index in [0.717, 1.165) is 24.3 Å². The van der Waals surface area contributed by atoms with Crippen molar-refractivity contribution in [2.75, 3.05) is 18.0 Å². The molecule has 1 aliphatic heterocycles. The van der Waals surface area contributed by atoms with Crippen LogP contribution in [0.25, 0.3) is 0 Å². The molecule has 2 rings (SSSR count). The average Bonchev–Trinajstić information content (AvgIpc) is 2.59. The minimum absolute atomic E-state index is 0.483. The van der Waals surface area contributed by atoms with Gasteiger partial charge in [0.25, 0.3) is 0 Å². The monoisotopic (exact) mass is 222 g/mol. The Morgan fingerprint density at radius 3 is 2.69 bits per heavy atom. The molecule has 1 saturated heterocycles. The van der Waals surface area contributed by atoms with Gasteiger partial charge in [0.1, 0.15) is 5.82 Å². The van der Waals surface area contributed by atoms with Gasteiger partial charge in [-0.3, -0.25) is 0 Å². The van der Waals surface area contributed by atoms with Crippen LogP contribution in [-0.4, -0.2) is 33.9 Å². The molecule has 0 amide bonds. The molecule has 1 aliphatic rings. The number of aromatic nitrogens is 1. The zero-order valence-corrected chi connectivity index (χ0v) is 9.72. The standard InChI is InChI=1S/C12H18N2O2/c1-9(15)10-3-4-11(13-7-10)14-6-5-12(2,16)8-14/h3-4,7,9,15-16H,5-6,8H2,1-2H3. The van der Waals surface area contributed by atoms with Crippen molar-refractivity contribution in [1.82, 2.24) is 4.98 Å². The molecule has 2 unspecified atom stereocenters. The van der Waals surface area contributed by atoms with Crippen LogP contribution >= 0.6 is 0 Å². The van der Waals surface area contributed by atoms with Crippen LogP contribution in [0.5, 0.6) is 0 Å². The van der Waals surface area contributed by atoms with E-state index >= 15 is 0 Å². The molecular formula is C12H18N2O2. The van der Waals surface area contributed by atoms with E-state index in [-0.39, 0.29) is 0 Å². The van der Waals surface area contributed by atoms with Crippen LogP contribution in [0.15, 0.2) is 18.3 Å². The summed E-state index contributed by atoms with van der Waals surface area (Å²) in [6.07, 6.45) is 1.98. The second-order valence-corrected chi connectivity index (χ2v) is 4.79. The van der Waals surface area contributed by atoms with Crippen LogP contribution in [0, 0.1) is 0 Å². The number of rotatable bonds is 2. The molecule has 0 spiro atoms. The summed E-state index contributed by atoms with van der Waals surface area (Å²) in [6, 6.07) is 3.77. The van der Waals surface area contributed by atoms with E-state index in [1.54, 1.807) is 13.1 Å². The number of nitrogens with zero attached hydrogens (tertiary/aromatic N) is 2. The van der Waals surface area contributed by atoms with Gasteiger partial charge < -0.3 is 15.1 Å². The number of aliphatic hydroxyl groups excluding tert-OH is 1.